The Balaban J connectivity index is 2.08. The van der Waals surface area contributed by atoms with Crippen molar-refractivity contribution in [2.75, 3.05) is 6.61 Å². The summed E-state index contributed by atoms with van der Waals surface area (Å²) >= 11 is 0. The van der Waals surface area contributed by atoms with E-state index < -0.39 is 0 Å². The molecule has 0 aromatic heterocycles. The quantitative estimate of drug-likeness (QED) is 0.845. The molecule has 0 amide bonds. The molecule has 2 nitrogen and oxygen atoms in total. The standard InChI is InChI=1S/C16H21NO/c1-16(2,9-10-18)17-12-13-7-8-14-5-3-4-6-15(14)11-13/h3-8,11,17-18H,9-10,12H2,1-2H3. The van der Waals surface area contributed by atoms with Crippen LogP contribution >= 0.6 is 0 Å². The maximum atomic E-state index is 9.00. The number of fused-ring (bicyclic) bond motifs is 1. The molecule has 0 saturated heterocycles. The lowest BCUT2D eigenvalue weighted by Gasteiger charge is -2.25. The van der Waals surface area contributed by atoms with Gasteiger partial charge < -0.3 is 10.4 Å². The molecule has 0 bridgehead atoms. The van der Waals surface area contributed by atoms with Gasteiger partial charge in [-0.3, -0.25) is 0 Å². The van der Waals surface area contributed by atoms with E-state index in [1.807, 2.05) is 0 Å². The van der Waals surface area contributed by atoms with E-state index in [0.717, 1.165) is 13.0 Å². The van der Waals surface area contributed by atoms with Crippen LogP contribution in [-0.4, -0.2) is 17.3 Å². The third-order valence-corrected chi connectivity index (χ3v) is 3.32. The lowest BCUT2D eigenvalue weighted by Crippen LogP contribution is -2.39. The summed E-state index contributed by atoms with van der Waals surface area (Å²) in [4.78, 5) is 0. The summed E-state index contributed by atoms with van der Waals surface area (Å²) in [5.74, 6) is 0. The zero-order valence-corrected chi connectivity index (χ0v) is 11.1. The first-order valence-electron chi connectivity index (χ1n) is 6.44. The minimum Gasteiger partial charge on any atom is -0.396 e. The van der Waals surface area contributed by atoms with Crippen LogP contribution in [0.1, 0.15) is 25.8 Å². The predicted molar refractivity (Wildman–Crippen MR) is 76.6 cm³/mol. The second-order valence-corrected chi connectivity index (χ2v) is 5.39. The molecule has 0 unspecified atom stereocenters. The van der Waals surface area contributed by atoms with Crippen molar-refractivity contribution < 1.29 is 5.11 Å². The van der Waals surface area contributed by atoms with E-state index in [9.17, 15) is 0 Å². The number of hydrogen-bond acceptors (Lipinski definition) is 2. The normalized spacial score (nSPS) is 11.9. The van der Waals surface area contributed by atoms with Crippen LogP contribution in [-0.2, 0) is 6.54 Å². The lowest BCUT2D eigenvalue weighted by molar-refractivity contribution is 0.230. The van der Waals surface area contributed by atoms with Crippen LogP contribution in [0.15, 0.2) is 42.5 Å². The van der Waals surface area contributed by atoms with E-state index in [-0.39, 0.29) is 12.1 Å². The van der Waals surface area contributed by atoms with Gasteiger partial charge in [0.2, 0.25) is 0 Å². The SMILES string of the molecule is CC(C)(CCO)NCc1ccc2ccccc2c1. The fraction of sp³-hybridized carbons (Fsp3) is 0.375. The summed E-state index contributed by atoms with van der Waals surface area (Å²) in [7, 11) is 0. The van der Waals surface area contributed by atoms with Crippen LogP contribution in [0.4, 0.5) is 0 Å². The zero-order chi connectivity index (χ0) is 13.0. The van der Waals surface area contributed by atoms with E-state index in [1.165, 1.54) is 16.3 Å². The fourth-order valence-corrected chi connectivity index (χ4v) is 2.06. The summed E-state index contributed by atoms with van der Waals surface area (Å²) in [5, 5.41) is 15.0. The molecule has 2 heteroatoms. The highest BCUT2D eigenvalue weighted by molar-refractivity contribution is 5.82. The number of hydrogen-bond donors (Lipinski definition) is 2. The van der Waals surface area contributed by atoms with Gasteiger partial charge in [-0.25, -0.2) is 0 Å². The Morgan fingerprint density at radius 1 is 1.06 bits per heavy atom. The molecule has 0 saturated carbocycles. The van der Waals surface area contributed by atoms with Gasteiger partial charge in [-0.05, 0) is 42.7 Å². The molecule has 0 aliphatic carbocycles. The van der Waals surface area contributed by atoms with Gasteiger partial charge in [-0.15, -0.1) is 0 Å². The molecule has 2 rings (SSSR count). The van der Waals surface area contributed by atoms with E-state index >= 15 is 0 Å². The number of rotatable bonds is 5. The van der Waals surface area contributed by atoms with Crippen LogP contribution in [0.2, 0.25) is 0 Å². The Bertz CT molecular complexity index is 519. The molecule has 0 aliphatic rings. The highest BCUT2D eigenvalue weighted by Gasteiger charge is 2.15. The molecule has 0 radical (unpaired) electrons. The summed E-state index contributed by atoms with van der Waals surface area (Å²) in [5.41, 5.74) is 1.25. The highest BCUT2D eigenvalue weighted by Crippen LogP contribution is 2.16. The monoisotopic (exact) mass is 243 g/mol. The molecule has 2 aromatic carbocycles. The Hall–Kier alpha value is -1.38. The maximum absolute atomic E-state index is 9.00. The number of benzene rings is 2. The van der Waals surface area contributed by atoms with Crippen molar-refractivity contribution in [1.29, 1.82) is 0 Å². The van der Waals surface area contributed by atoms with Crippen LogP contribution in [0.5, 0.6) is 0 Å². The zero-order valence-electron chi connectivity index (χ0n) is 11.1. The maximum Gasteiger partial charge on any atom is 0.0448 e. The molecule has 0 aliphatic heterocycles. The average Bonchev–Trinajstić information content (AvgIpc) is 2.36. The fourth-order valence-electron chi connectivity index (χ4n) is 2.06. The van der Waals surface area contributed by atoms with Gasteiger partial charge in [0.05, 0.1) is 0 Å². The molecule has 2 N–H and O–H groups in total. The Morgan fingerprint density at radius 2 is 1.78 bits per heavy atom. The Morgan fingerprint density at radius 3 is 2.50 bits per heavy atom. The van der Waals surface area contributed by atoms with Gasteiger partial charge in [-0.2, -0.15) is 0 Å². The third-order valence-electron chi connectivity index (χ3n) is 3.32. The molecule has 0 fully saturated rings. The summed E-state index contributed by atoms with van der Waals surface area (Å²) in [6.07, 6.45) is 0.764. The Kier molecular flexibility index (Phi) is 4.00. The van der Waals surface area contributed by atoms with E-state index in [2.05, 4.69) is 61.6 Å². The van der Waals surface area contributed by atoms with Crippen molar-refractivity contribution in [3.63, 3.8) is 0 Å². The molecule has 18 heavy (non-hydrogen) atoms. The van der Waals surface area contributed by atoms with Crippen molar-refractivity contribution >= 4 is 10.8 Å². The highest BCUT2D eigenvalue weighted by atomic mass is 16.3. The number of aliphatic hydroxyl groups is 1. The topological polar surface area (TPSA) is 32.3 Å². The molecule has 0 spiro atoms. The summed E-state index contributed by atoms with van der Waals surface area (Å²) in [6.45, 7) is 5.28. The van der Waals surface area contributed by atoms with Crippen molar-refractivity contribution in [1.82, 2.24) is 5.32 Å². The molecule has 0 atom stereocenters. The van der Waals surface area contributed by atoms with Crippen LogP contribution in [0, 0.1) is 0 Å². The summed E-state index contributed by atoms with van der Waals surface area (Å²) in [6, 6.07) is 14.9. The predicted octanol–water partition coefficient (Wildman–Crippen LogP) is 3.09. The van der Waals surface area contributed by atoms with Crippen LogP contribution in [0.3, 0.4) is 0 Å². The molecule has 2 aromatic rings. The van der Waals surface area contributed by atoms with E-state index in [0.29, 0.717) is 0 Å². The van der Waals surface area contributed by atoms with Crippen molar-refractivity contribution in [3.05, 3.63) is 48.0 Å². The van der Waals surface area contributed by atoms with Crippen molar-refractivity contribution in [2.45, 2.75) is 32.4 Å². The minimum absolute atomic E-state index is 0.0274. The second-order valence-electron chi connectivity index (χ2n) is 5.39. The van der Waals surface area contributed by atoms with E-state index in [4.69, 9.17) is 5.11 Å². The smallest absolute Gasteiger partial charge is 0.0448 e. The lowest BCUT2D eigenvalue weighted by atomic mass is 10.0. The van der Waals surface area contributed by atoms with Gasteiger partial charge in [0, 0.05) is 18.7 Å². The van der Waals surface area contributed by atoms with Crippen LogP contribution in [0.25, 0.3) is 10.8 Å². The number of nitrogens with one attached hydrogen (secondary N) is 1. The third kappa shape index (κ3) is 3.31. The van der Waals surface area contributed by atoms with Crippen molar-refractivity contribution in [2.24, 2.45) is 0 Å². The van der Waals surface area contributed by atoms with E-state index in [1.54, 1.807) is 0 Å². The molecular weight excluding hydrogens is 222 g/mol. The Labute approximate surface area is 109 Å². The van der Waals surface area contributed by atoms with Crippen LogP contribution < -0.4 is 5.32 Å². The molecular formula is C16H21NO. The first-order valence-corrected chi connectivity index (χ1v) is 6.44. The van der Waals surface area contributed by atoms with Gasteiger partial charge in [0.15, 0.2) is 0 Å². The first kappa shape index (κ1) is 13.1. The molecule has 96 valence electrons. The average molecular weight is 243 g/mol. The van der Waals surface area contributed by atoms with Gasteiger partial charge >= 0.3 is 0 Å². The van der Waals surface area contributed by atoms with Gasteiger partial charge in [0.25, 0.3) is 0 Å². The van der Waals surface area contributed by atoms with Gasteiger partial charge in [0.1, 0.15) is 0 Å². The minimum atomic E-state index is -0.0274. The first-order chi connectivity index (χ1) is 8.61. The summed E-state index contributed by atoms with van der Waals surface area (Å²) < 4.78 is 0. The number of aliphatic hydroxyl groups excluding tert-OH is 1. The largest absolute Gasteiger partial charge is 0.396 e. The van der Waals surface area contributed by atoms with Crippen molar-refractivity contribution in [3.8, 4) is 0 Å². The molecule has 0 heterocycles. The second kappa shape index (κ2) is 5.51. The van der Waals surface area contributed by atoms with Gasteiger partial charge in [-0.1, -0.05) is 36.4 Å².